The van der Waals surface area contributed by atoms with E-state index in [0.717, 1.165) is 39.7 Å². The van der Waals surface area contributed by atoms with Crippen LogP contribution >= 0.6 is 23.8 Å². The molecular weight excluding hydrogens is 466 g/mol. The van der Waals surface area contributed by atoms with Crippen LogP contribution in [-0.2, 0) is 6.54 Å². The van der Waals surface area contributed by atoms with Crippen molar-refractivity contribution in [2.45, 2.75) is 25.6 Å². The minimum atomic E-state index is -0.167. The standard InChI is InChI=1S/C27H24ClN3O2S/c1-17-6-9-19(15-21(17)28)23-12-13-24(33-23)26-25(22-5-3-4-14-29-22)30-27(34)31(26)16-18-7-10-20(32-2)11-8-18/h3-15,25-26H,16H2,1-2H3,(H,30,34)/t25-,26-/m1/s1. The lowest BCUT2D eigenvalue weighted by molar-refractivity contribution is 0.269. The second-order valence-electron chi connectivity index (χ2n) is 8.27. The SMILES string of the molecule is COc1ccc(CN2C(=S)N[C@H](c3ccccn3)[C@H]2c2ccc(-c3ccc(C)c(Cl)c3)o2)cc1. The Hall–Kier alpha value is -3.35. The average Bonchev–Trinajstić information content (AvgIpc) is 3.47. The van der Waals surface area contributed by atoms with E-state index in [1.807, 2.05) is 67.6 Å². The van der Waals surface area contributed by atoms with Crippen molar-refractivity contribution >= 4 is 28.9 Å². The lowest BCUT2D eigenvalue weighted by Crippen LogP contribution is -2.29. The molecule has 34 heavy (non-hydrogen) atoms. The van der Waals surface area contributed by atoms with E-state index in [-0.39, 0.29) is 12.1 Å². The summed E-state index contributed by atoms with van der Waals surface area (Å²) in [6.07, 6.45) is 1.80. The number of thiocarbonyl (C=S) groups is 1. The summed E-state index contributed by atoms with van der Waals surface area (Å²) in [5.74, 6) is 2.39. The van der Waals surface area contributed by atoms with E-state index in [9.17, 15) is 0 Å². The first-order valence-corrected chi connectivity index (χ1v) is 11.8. The number of pyridine rings is 1. The molecule has 5 rings (SSSR count). The van der Waals surface area contributed by atoms with Crippen LogP contribution in [0.5, 0.6) is 5.75 Å². The van der Waals surface area contributed by atoms with Gasteiger partial charge in [0, 0.05) is 23.3 Å². The van der Waals surface area contributed by atoms with Gasteiger partial charge in [0.2, 0.25) is 0 Å². The molecule has 2 atom stereocenters. The van der Waals surface area contributed by atoms with Gasteiger partial charge in [-0.15, -0.1) is 0 Å². The van der Waals surface area contributed by atoms with Crippen LogP contribution in [0.2, 0.25) is 5.02 Å². The molecule has 172 valence electrons. The summed E-state index contributed by atoms with van der Waals surface area (Å²) in [5, 5.41) is 4.84. The molecule has 7 heteroatoms. The number of hydrogen-bond acceptors (Lipinski definition) is 4. The lowest BCUT2D eigenvalue weighted by atomic mass is 10.0. The summed E-state index contributed by atoms with van der Waals surface area (Å²) in [6, 6.07) is 23.6. The Balaban J connectivity index is 1.52. The number of rotatable bonds is 6. The fourth-order valence-corrected chi connectivity index (χ4v) is 4.71. The Morgan fingerprint density at radius 2 is 1.91 bits per heavy atom. The number of benzene rings is 2. The van der Waals surface area contributed by atoms with Crippen molar-refractivity contribution in [3.63, 3.8) is 0 Å². The van der Waals surface area contributed by atoms with Gasteiger partial charge in [0.1, 0.15) is 23.3 Å². The number of aromatic nitrogens is 1. The third-order valence-electron chi connectivity index (χ3n) is 6.08. The molecule has 0 amide bonds. The molecule has 0 bridgehead atoms. The number of methoxy groups -OCH3 is 1. The normalized spacial score (nSPS) is 17.6. The molecule has 4 aromatic rings. The number of nitrogens with zero attached hydrogens (tertiary/aromatic N) is 2. The quantitative estimate of drug-likeness (QED) is 0.312. The maximum absolute atomic E-state index is 6.41. The largest absolute Gasteiger partial charge is 0.497 e. The third-order valence-corrected chi connectivity index (χ3v) is 6.84. The summed E-state index contributed by atoms with van der Waals surface area (Å²) in [7, 11) is 1.66. The third kappa shape index (κ3) is 4.39. The van der Waals surface area contributed by atoms with Crippen LogP contribution in [0.15, 0.2) is 83.4 Å². The van der Waals surface area contributed by atoms with E-state index in [0.29, 0.717) is 16.7 Å². The number of ether oxygens (including phenoxy) is 1. The highest BCUT2D eigenvalue weighted by Gasteiger charge is 2.41. The van der Waals surface area contributed by atoms with Gasteiger partial charge >= 0.3 is 0 Å². The molecule has 1 saturated heterocycles. The fourth-order valence-electron chi connectivity index (χ4n) is 4.23. The van der Waals surface area contributed by atoms with Crippen molar-refractivity contribution in [2.75, 3.05) is 7.11 Å². The molecule has 2 aromatic carbocycles. The Bertz CT molecular complexity index is 1310. The minimum Gasteiger partial charge on any atom is -0.497 e. The molecule has 1 N–H and O–H groups in total. The average molecular weight is 490 g/mol. The van der Waals surface area contributed by atoms with Crippen molar-refractivity contribution in [3.8, 4) is 17.1 Å². The van der Waals surface area contributed by atoms with Crippen molar-refractivity contribution in [3.05, 3.63) is 107 Å². The van der Waals surface area contributed by atoms with Gasteiger partial charge in [-0.2, -0.15) is 0 Å². The van der Waals surface area contributed by atoms with E-state index in [4.69, 9.17) is 33.0 Å². The van der Waals surface area contributed by atoms with Gasteiger partial charge in [0.25, 0.3) is 0 Å². The number of furan rings is 1. The second-order valence-corrected chi connectivity index (χ2v) is 9.06. The van der Waals surface area contributed by atoms with E-state index >= 15 is 0 Å². The molecule has 1 fully saturated rings. The highest BCUT2D eigenvalue weighted by Crippen LogP contribution is 2.41. The van der Waals surface area contributed by atoms with Crippen LogP contribution in [0.4, 0.5) is 0 Å². The summed E-state index contributed by atoms with van der Waals surface area (Å²) in [5.41, 5.74) is 3.99. The van der Waals surface area contributed by atoms with Gasteiger partial charge in [-0.05, 0) is 72.7 Å². The zero-order chi connectivity index (χ0) is 23.7. The number of nitrogens with one attached hydrogen (secondary N) is 1. The second kappa shape index (κ2) is 9.49. The number of hydrogen-bond donors (Lipinski definition) is 1. The first kappa shape index (κ1) is 22.4. The summed E-state index contributed by atoms with van der Waals surface area (Å²) in [4.78, 5) is 6.75. The predicted octanol–water partition coefficient (Wildman–Crippen LogP) is 6.48. The molecule has 1 aliphatic heterocycles. The van der Waals surface area contributed by atoms with Crippen LogP contribution < -0.4 is 10.1 Å². The zero-order valence-corrected chi connectivity index (χ0v) is 20.4. The summed E-state index contributed by atoms with van der Waals surface area (Å²) in [6.45, 7) is 2.61. The smallest absolute Gasteiger partial charge is 0.170 e. The minimum absolute atomic E-state index is 0.146. The summed E-state index contributed by atoms with van der Waals surface area (Å²) >= 11 is 12.1. The van der Waals surface area contributed by atoms with E-state index in [2.05, 4.69) is 27.3 Å². The first-order chi connectivity index (χ1) is 16.5. The maximum Gasteiger partial charge on any atom is 0.170 e. The molecule has 0 saturated carbocycles. The Morgan fingerprint density at radius 3 is 2.62 bits per heavy atom. The monoisotopic (exact) mass is 489 g/mol. The fraction of sp³-hybridized carbons (Fsp3) is 0.185. The molecular formula is C27H24ClN3O2S. The first-order valence-electron chi connectivity index (χ1n) is 11.0. The van der Waals surface area contributed by atoms with Crippen LogP contribution in [0.1, 0.15) is 34.7 Å². The zero-order valence-electron chi connectivity index (χ0n) is 18.9. The van der Waals surface area contributed by atoms with Gasteiger partial charge in [-0.3, -0.25) is 4.98 Å². The topological polar surface area (TPSA) is 50.5 Å². The molecule has 0 radical (unpaired) electrons. The van der Waals surface area contributed by atoms with Crippen LogP contribution in [0.25, 0.3) is 11.3 Å². The van der Waals surface area contributed by atoms with Crippen LogP contribution in [-0.4, -0.2) is 22.1 Å². The van der Waals surface area contributed by atoms with Crippen molar-refractivity contribution in [1.82, 2.24) is 15.2 Å². The van der Waals surface area contributed by atoms with E-state index in [1.165, 1.54) is 0 Å². The van der Waals surface area contributed by atoms with Gasteiger partial charge < -0.3 is 19.4 Å². The van der Waals surface area contributed by atoms with Gasteiger partial charge in [-0.1, -0.05) is 41.9 Å². The number of halogens is 1. The van der Waals surface area contributed by atoms with Gasteiger partial charge in [-0.25, -0.2) is 0 Å². The predicted molar refractivity (Wildman–Crippen MR) is 138 cm³/mol. The number of aryl methyl sites for hydroxylation is 1. The molecule has 0 aliphatic carbocycles. The molecule has 2 aromatic heterocycles. The molecule has 1 aliphatic rings. The van der Waals surface area contributed by atoms with E-state index in [1.54, 1.807) is 13.3 Å². The van der Waals surface area contributed by atoms with E-state index < -0.39 is 0 Å². The lowest BCUT2D eigenvalue weighted by Gasteiger charge is -2.26. The van der Waals surface area contributed by atoms with Gasteiger partial charge in [0.15, 0.2) is 5.11 Å². The van der Waals surface area contributed by atoms with Crippen molar-refractivity contribution < 1.29 is 9.15 Å². The molecule has 0 unspecified atom stereocenters. The van der Waals surface area contributed by atoms with Gasteiger partial charge in [0.05, 0.1) is 18.8 Å². The van der Waals surface area contributed by atoms with Crippen molar-refractivity contribution in [2.24, 2.45) is 0 Å². The Morgan fingerprint density at radius 1 is 1.09 bits per heavy atom. The molecule has 0 spiro atoms. The maximum atomic E-state index is 6.41. The van der Waals surface area contributed by atoms with Crippen LogP contribution in [0, 0.1) is 6.92 Å². The Labute approximate surface area is 209 Å². The Kier molecular flexibility index (Phi) is 6.26. The molecule has 3 heterocycles. The highest BCUT2D eigenvalue weighted by atomic mass is 35.5. The highest BCUT2D eigenvalue weighted by molar-refractivity contribution is 7.80. The van der Waals surface area contributed by atoms with Crippen molar-refractivity contribution in [1.29, 1.82) is 0 Å². The molecule has 5 nitrogen and oxygen atoms in total. The summed E-state index contributed by atoms with van der Waals surface area (Å²) < 4.78 is 11.7. The van der Waals surface area contributed by atoms with Crippen LogP contribution in [0.3, 0.4) is 0 Å².